The number of unbranched alkanes of at least 4 members (excludes halogenated alkanes) is 1. The number of ether oxygens (including phenoxy) is 1. The lowest BCUT2D eigenvalue weighted by Crippen LogP contribution is -2.29. The first kappa shape index (κ1) is 13.1. The number of carbonyl (C=O) groups is 2. The number of amides is 1. The molecule has 0 saturated carbocycles. The fraction of sp³-hybridized carbons (Fsp3) is 0.385. The number of fused-ring (bicyclic) bond motifs is 1. The minimum absolute atomic E-state index is 0.172. The Hall–Kier alpha value is -1.36. The molecule has 0 atom stereocenters. The van der Waals surface area contributed by atoms with E-state index in [1.165, 1.54) is 0 Å². The molecule has 0 saturated heterocycles. The Balaban J connectivity index is 2.01. The van der Waals surface area contributed by atoms with Crippen molar-refractivity contribution < 1.29 is 14.3 Å². The minimum atomic E-state index is -0.543. The van der Waals surface area contributed by atoms with Crippen LogP contribution < -0.4 is 10.1 Å². The number of rotatable bonds is 5. The smallest absolute Gasteiger partial charge is 0.292 e. The summed E-state index contributed by atoms with van der Waals surface area (Å²) in [6, 6.07) is 5.43. The van der Waals surface area contributed by atoms with Crippen molar-refractivity contribution in [3.05, 3.63) is 23.8 Å². The molecule has 1 heterocycles. The summed E-state index contributed by atoms with van der Waals surface area (Å²) in [6.45, 7) is 0.650. The van der Waals surface area contributed by atoms with Gasteiger partial charge in [0.15, 0.2) is 0 Å². The number of hydrogen-bond acceptors (Lipinski definition) is 3. The molecule has 0 unspecified atom stereocenters. The predicted molar refractivity (Wildman–Crippen MR) is 72.3 cm³/mol. The molecule has 0 spiro atoms. The highest BCUT2D eigenvalue weighted by atomic mass is 79.9. The van der Waals surface area contributed by atoms with Crippen LogP contribution in [0.15, 0.2) is 18.2 Å². The van der Waals surface area contributed by atoms with Gasteiger partial charge in [-0.1, -0.05) is 22.0 Å². The topological polar surface area (TPSA) is 55.4 Å². The van der Waals surface area contributed by atoms with Crippen LogP contribution in [-0.4, -0.2) is 23.6 Å². The van der Waals surface area contributed by atoms with Crippen molar-refractivity contribution in [2.75, 3.05) is 17.3 Å². The Kier molecular flexibility index (Phi) is 4.36. The zero-order valence-electron chi connectivity index (χ0n) is 9.87. The molecule has 18 heavy (non-hydrogen) atoms. The van der Waals surface area contributed by atoms with Crippen LogP contribution in [0.2, 0.25) is 0 Å². The van der Waals surface area contributed by atoms with Crippen molar-refractivity contribution in [1.82, 2.24) is 0 Å². The van der Waals surface area contributed by atoms with Gasteiger partial charge < -0.3 is 10.1 Å². The van der Waals surface area contributed by atoms with Crippen molar-refractivity contribution in [3.8, 4) is 5.75 Å². The number of hydrogen-bond donors (Lipinski definition) is 1. The van der Waals surface area contributed by atoms with Crippen LogP contribution in [0.25, 0.3) is 0 Å². The van der Waals surface area contributed by atoms with Crippen LogP contribution in [0.3, 0.4) is 0 Å². The van der Waals surface area contributed by atoms with E-state index in [-0.39, 0.29) is 6.42 Å². The van der Waals surface area contributed by atoms with Crippen LogP contribution in [0.4, 0.5) is 5.69 Å². The minimum Gasteiger partial charge on any atom is -0.494 e. The highest BCUT2D eigenvalue weighted by Crippen LogP contribution is 2.26. The zero-order chi connectivity index (χ0) is 13.0. The zero-order valence-corrected chi connectivity index (χ0v) is 11.5. The van der Waals surface area contributed by atoms with Crippen molar-refractivity contribution >= 4 is 33.3 Å². The maximum Gasteiger partial charge on any atom is 0.292 e. The van der Waals surface area contributed by atoms with Crippen molar-refractivity contribution in [3.63, 3.8) is 0 Å². The number of carbonyl (C=O) groups excluding carboxylic acids is 2. The van der Waals surface area contributed by atoms with E-state index in [0.29, 0.717) is 12.3 Å². The summed E-state index contributed by atoms with van der Waals surface area (Å²) in [6.07, 6.45) is 2.22. The van der Waals surface area contributed by atoms with Gasteiger partial charge in [-0.2, -0.15) is 0 Å². The van der Waals surface area contributed by atoms with Gasteiger partial charge in [0.1, 0.15) is 5.75 Å². The fourth-order valence-electron chi connectivity index (χ4n) is 1.75. The molecule has 2 rings (SSSR count). The van der Waals surface area contributed by atoms with Gasteiger partial charge in [-0.25, -0.2) is 0 Å². The van der Waals surface area contributed by atoms with Gasteiger partial charge in [0, 0.05) is 23.5 Å². The Bertz CT molecular complexity index is 473. The lowest BCUT2D eigenvalue weighted by molar-refractivity contribution is -0.134. The summed E-state index contributed by atoms with van der Waals surface area (Å²) in [5.41, 5.74) is 1.52. The summed E-state index contributed by atoms with van der Waals surface area (Å²) in [5.74, 6) is -0.217. The molecule has 0 fully saturated rings. The number of nitrogens with one attached hydrogen (secondary N) is 1. The van der Waals surface area contributed by atoms with Crippen LogP contribution in [0.1, 0.15) is 18.4 Å². The Labute approximate surface area is 114 Å². The number of halogens is 1. The highest BCUT2D eigenvalue weighted by Gasteiger charge is 2.23. The van der Waals surface area contributed by atoms with Crippen molar-refractivity contribution in [2.45, 2.75) is 19.3 Å². The number of Topliss-reactive ketones (excluding diaryl/α,β-unsaturated/α-hetero) is 1. The Morgan fingerprint density at radius 2 is 2.11 bits per heavy atom. The van der Waals surface area contributed by atoms with Gasteiger partial charge >= 0.3 is 0 Å². The van der Waals surface area contributed by atoms with Crippen LogP contribution >= 0.6 is 15.9 Å². The summed E-state index contributed by atoms with van der Waals surface area (Å²) in [7, 11) is 0. The predicted octanol–water partition coefficient (Wildman–Crippen LogP) is 2.30. The standard InChI is InChI=1S/C13H14BrNO3/c14-5-1-2-6-18-10-4-3-9-7-12(16)13(17)15-11(9)8-10/h3-4,8H,1-2,5-7H2,(H,15,17). The van der Waals surface area contributed by atoms with E-state index >= 15 is 0 Å². The average molecular weight is 312 g/mol. The highest BCUT2D eigenvalue weighted by molar-refractivity contribution is 9.09. The third-order valence-electron chi connectivity index (χ3n) is 2.73. The van der Waals surface area contributed by atoms with E-state index in [1.807, 2.05) is 12.1 Å². The normalized spacial score (nSPS) is 14.1. The molecule has 1 aliphatic rings. The summed E-state index contributed by atoms with van der Waals surface area (Å²) in [4.78, 5) is 22.5. The molecule has 1 N–H and O–H groups in total. The maximum atomic E-state index is 11.3. The van der Waals surface area contributed by atoms with Gasteiger partial charge in [-0.05, 0) is 24.5 Å². The van der Waals surface area contributed by atoms with Gasteiger partial charge in [0.05, 0.1) is 6.61 Å². The molecule has 0 bridgehead atoms. The molecule has 0 aliphatic carbocycles. The molecule has 0 radical (unpaired) electrons. The largest absolute Gasteiger partial charge is 0.494 e. The molecule has 4 nitrogen and oxygen atoms in total. The first-order valence-corrected chi connectivity index (χ1v) is 6.98. The Morgan fingerprint density at radius 1 is 1.28 bits per heavy atom. The molecule has 1 aromatic rings. The van der Waals surface area contributed by atoms with Gasteiger partial charge in [0.2, 0.25) is 5.78 Å². The molecular formula is C13H14BrNO3. The number of benzene rings is 1. The second-order valence-electron chi connectivity index (χ2n) is 4.12. The van der Waals surface area contributed by atoms with E-state index in [0.717, 1.165) is 29.5 Å². The lowest BCUT2D eigenvalue weighted by Gasteiger charge is -2.16. The molecule has 0 aromatic heterocycles. The van der Waals surface area contributed by atoms with Gasteiger partial charge in [-0.3, -0.25) is 9.59 Å². The van der Waals surface area contributed by atoms with E-state index in [4.69, 9.17) is 4.74 Å². The monoisotopic (exact) mass is 311 g/mol. The summed E-state index contributed by atoms with van der Waals surface area (Å²) >= 11 is 3.36. The van der Waals surface area contributed by atoms with Crippen molar-refractivity contribution in [2.24, 2.45) is 0 Å². The Morgan fingerprint density at radius 3 is 2.89 bits per heavy atom. The number of ketones is 1. The van der Waals surface area contributed by atoms with E-state index in [9.17, 15) is 9.59 Å². The first-order valence-electron chi connectivity index (χ1n) is 5.86. The second-order valence-corrected chi connectivity index (χ2v) is 4.91. The molecule has 1 aliphatic heterocycles. The lowest BCUT2D eigenvalue weighted by atomic mass is 10.0. The van der Waals surface area contributed by atoms with Gasteiger partial charge in [0.25, 0.3) is 5.91 Å². The summed E-state index contributed by atoms with van der Waals surface area (Å²) < 4.78 is 5.58. The maximum absolute atomic E-state index is 11.3. The quantitative estimate of drug-likeness (QED) is 0.516. The van der Waals surface area contributed by atoms with Crippen LogP contribution in [0.5, 0.6) is 5.75 Å². The third kappa shape index (κ3) is 3.10. The molecule has 96 valence electrons. The van der Waals surface area contributed by atoms with Gasteiger partial charge in [-0.15, -0.1) is 0 Å². The molecule has 5 heteroatoms. The van der Waals surface area contributed by atoms with E-state index in [2.05, 4.69) is 21.2 Å². The fourth-order valence-corrected chi connectivity index (χ4v) is 2.14. The van der Waals surface area contributed by atoms with Crippen molar-refractivity contribution in [1.29, 1.82) is 0 Å². The number of anilines is 1. The number of alkyl halides is 1. The molecule has 1 amide bonds. The molecular weight excluding hydrogens is 298 g/mol. The first-order chi connectivity index (χ1) is 8.70. The third-order valence-corrected chi connectivity index (χ3v) is 3.29. The van der Waals surface area contributed by atoms with E-state index < -0.39 is 11.7 Å². The second kappa shape index (κ2) is 6.00. The SMILES string of the molecule is O=C1Cc2ccc(OCCCCBr)cc2NC1=O. The van der Waals surface area contributed by atoms with E-state index in [1.54, 1.807) is 6.07 Å². The average Bonchev–Trinajstić information content (AvgIpc) is 2.36. The van der Waals surface area contributed by atoms with Crippen LogP contribution in [-0.2, 0) is 16.0 Å². The molecule has 1 aromatic carbocycles. The van der Waals surface area contributed by atoms with Crippen LogP contribution in [0, 0.1) is 0 Å². The summed E-state index contributed by atoms with van der Waals surface area (Å²) in [5, 5.41) is 3.55.